The molecule has 0 aliphatic carbocycles. The number of rotatable bonds is 9. The minimum Gasteiger partial charge on any atom is -0.477 e. The van der Waals surface area contributed by atoms with Crippen LogP contribution in [0.4, 0.5) is 11.6 Å². The Morgan fingerprint density at radius 1 is 0.609 bits per heavy atom. The third kappa shape index (κ3) is 10.8. The van der Waals surface area contributed by atoms with Crippen molar-refractivity contribution in [3.63, 3.8) is 0 Å². The number of nitrogen functional groups attached to an aromatic ring is 2. The van der Waals surface area contributed by atoms with E-state index in [-0.39, 0.29) is 11.6 Å². The van der Waals surface area contributed by atoms with E-state index in [0.717, 1.165) is 77.5 Å². The molecule has 10 rings (SSSR count). The molecule has 0 saturated heterocycles. The first-order chi connectivity index (χ1) is 33.1. The molecule has 6 heterocycles. The van der Waals surface area contributed by atoms with Gasteiger partial charge in [0.05, 0.1) is 45.2 Å². The number of aryl methyl sites for hydroxylation is 4. The van der Waals surface area contributed by atoms with Crippen LogP contribution in [-0.4, -0.2) is 56.5 Å². The van der Waals surface area contributed by atoms with Crippen molar-refractivity contribution in [2.24, 2.45) is 5.73 Å². The number of fused-ring (bicyclic) bond motifs is 4. The zero-order valence-electron chi connectivity index (χ0n) is 38.2. The Hall–Kier alpha value is -7.98. The molecule has 15 nitrogen and oxygen atoms in total. The molecule has 0 saturated carbocycles. The Kier molecular flexibility index (Phi) is 14.1. The smallest absolute Gasteiger partial charge is 0.354 e. The summed E-state index contributed by atoms with van der Waals surface area (Å²) < 4.78 is 3.27. The maximum atomic E-state index is 13.4. The summed E-state index contributed by atoms with van der Waals surface area (Å²) in [6.07, 6.45) is 3.23. The molecule has 69 heavy (non-hydrogen) atoms. The number of nitrogens with zero attached hydrogens (tertiary/aromatic N) is 8. The number of hydrogen-bond donors (Lipinski definition) is 5. The second kappa shape index (κ2) is 20.5. The van der Waals surface area contributed by atoms with Crippen LogP contribution in [0, 0.1) is 27.7 Å². The topological polar surface area (TPSA) is 232 Å². The summed E-state index contributed by atoms with van der Waals surface area (Å²) >= 11 is 12.1. The number of aromatic nitrogens is 8. The van der Waals surface area contributed by atoms with Crippen LogP contribution < -0.4 is 22.5 Å². The number of hydrogen-bond acceptors (Lipinski definition) is 11. The highest BCUT2D eigenvalue weighted by Crippen LogP contribution is 2.25. The third-order valence-corrected chi connectivity index (χ3v) is 12.0. The Balaban J connectivity index is 0.000000158. The lowest BCUT2D eigenvalue weighted by Crippen LogP contribution is -2.27. The minimum absolute atomic E-state index is 0.190. The number of carbonyl (C=O) groups excluding carboxylic acids is 1. The fraction of sp³-hybridized carbons (Fsp3) is 0.154. The van der Waals surface area contributed by atoms with Gasteiger partial charge in [-0.05, 0) is 122 Å². The van der Waals surface area contributed by atoms with Gasteiger partial charge in [-0.25, -0.2) is 14.8 Å². The number of nitrogens with two attached hydrogens (primary N) is 3. The summed E-state index contributed by atoms with van der Waals surface area (Å²) in [5, 5.41) is 26.2. The lowest BCUT2D eigenvalue weighted by molar-refractivity contribution is 0.0685. The number of benzene rings is 4. The molecule has 0 radical (unpaired) electrons. The monoisotopic (exact) mass is 958 g/mol. The fourth-order valence-corrected chi connectivity index (χ4v) is 8.64. The maximum absolute atomic E-state index is 13.4. The van der Waals surface area contributed by atoms with E-state index in [4.69, 9.17) is 45.5 Å². The van der Waals surface area contributed by atoms with E-state index < -0.39 is 5.97 Å². The van der Waals surface area contributed by atoms with Crippen molar-refractivity contribution in [3.8, 4) is 0 Å². The average Bonchev–Trinajstić information content (AvgIpc) is 3.86. The first-order valence-corrected chi connectivity index (χ1v) is 22.6. The van der Waals surface area contributed by atoms with E-state index in [1.54, 1.807) is 23.1 Å². The summed E-state index contributed by atoms with van der Waals surface area (Å²) in [4.78, 5) is 42.1. The zero-order valence-corrected chi connectivity index (χ0v) is 39.7. The summed E-state index contributed by atoms with van der Waals surface area (Å²) in [6, 6.07) is 34.0. The number of pyridine rings is 4. The van der Waals surface area contributed by atoms with Gasteiger partial charge in [-0.1, -0.05) is 71.7 Å². The molecule has 348 valence electrons. The quantitative estimate of drug-likeness (QED) is 0.0910. The molecule has 0 unspecified atom stereocenters. The van der Waals surface area contributed by atoms with Gasteiger partial charge in [0.2, 0.25) is 0 Å². The van der Waals surface area contributed by atoms with Gasteiger partial charge < -0.3 is 27.6 Å². The molecule has 6 aromatic heterocycles. The van der Waals surface area contributed by atoms with Crippen molar-refractivity contribution in [2.45, 2.75) is 53.9 Å². The van der Waals surface area contributed by atoms with Crippen molar-refractivity contribution in [1.29, 1.82) is 0 Å². The Bertz CT molecular complexity index is 3530. The third-order valence-electron chi connectivity index (χ3n) is 11.6. The van der Waals surface area contributed by atoms with Gasteiger partial charge in [0, 0.05) is 58.4 Å². The Morgan fingerprint density at radius 2 is 1.07 bits per heavy atom. The van der Waals surface area contributed by atoms with Gasteiger partial charge in [0.25, 0.3) is 5.91 Å². The largest absolute Gasteiger partial charge is 0.477 e. The fourth-order valence-electron chi connectivity index (χ4n) is 8.31. The van der Waals surface area contributed by atoms with Crippen molar-refractivity contribution in [2.75, 3.05) is 11.5 Å². The van der Waals surface area contributed by atoms with Gasteiger partial charge in [-0.15, -0.1) is 0 Å². The molecule has 0 fully saturated rings. The standard InChI is InChI=1S/C26H23ClN6O.C18H12ClN3O2.C8H13N3/c1-15-9-24(28)31-16(2)21(15)13-30-26(34)25-20-5-3-4-6-23(20)32-33(25)14-17-7-8-22-18(10-17)11-19(27)12-29-22;19-13-8-12-7-11(5-6-15(12)20-9-13)10-22-17(18(23)24)14-3-1-2-4-16(14)21-22;1-5-3-8(10)11-6(2)7(5)4-9/h3-12H,13-14H2,1-2H3,(H2,28,31)(H,30,34);1-9H,10H2,(H,23,24);3H,4,9H2,1-2H3,(H2,10,11). The molecule has 0 spiro atoms. The molecule has 17 heteroatoms. The molecule has 0 aliphatic rings. The second-order valence-electron chi connectivity index (χ2n) is 16.5. The number of amides is 1. The van der Waals surface area contributed by atoms with E-state index >= 15 is 0 Å². The number of carboxylic acid groups (broad SMARTS) is 1. The number of halogens is 2. The average molecular weight is 960 g/mol. The minimum atomic E-state index is -0.991. The van der Waals surface area contributed by atoms with Crippen LogP contribution in [0.15, 0.2) is 122 Å². The number of carbonyl (C=O) groups is 2. The molecule has 8 N–H and O–H groups in total. The molecule has 0 bridgehead atoms. The van der Waals surface area contributed by atoms with Gasteiger partial charge in [0.1, 0.15) is 17.3 Å². The van der Waals surface area contributed by atoms with E-state index in [1.165, 1.54) is 4.68 Å². The molecule has 1 amide bonds. The van der Waals surface area contributed by atoms with Crippen LogP contribution in [0.3, 0.4) is 0 Å². The predicted molar refractivity (Wildman–Crippen MR) is 273 cm³/mol. The first kappa shape index (κ1) is 47.5. The van der Waals surface area contributed by atoms with Crippen molar-refractivity contribution >= 4 is 90.3 Å². The summed E-state index contributed by atoms with van der Waals surface area (Å²) in [5.74, 6) is -0.151. The van der Waals surface area contributed by atoms with Gasteiger partial charge in [-0.3, -0.25) is 24.1 Å². The molecule has 0 aliphatic heterocycles. The predicted octanol–water partition coefficient (Wildman–Crippen LogP) is 9.53. The SMILES string of the molecule is Cc1cc(N)nc(C)c1CN.Cc1cc(N)nc(C)c1CNC(=O)c1c2ccccc2nn1Cc1ccc2ncc(Cl)cc2c1.O=C(O)c1c2ccccc2nn1Cc1ccc2ncc(Cl)cc2c1. The van der Waals surface area contributed by atoms with Crippen LogP contribution in [-0.2, 0) is 26.2 Å². The highest BCUT2D eigenvalue weighted by molar-refractivity contribution is 6.31. The van der Waals surface area contributed by atoms with Gasteiger partial charge in [0.15, 0.2) is 5.69 Å². The summed E-state index contributed by atoms with van der Waals surface area (Å²) in [6.45, 7) is 9.45. The maximum Gasteiger partial charge on any atom is 0.354 e. The normalized spacial score (nSPS) is 11.1. The molecule has 10 aromatic rings. The molecular formula is C52H48Cl2N12O3. The molecular weight excluding hydrogens is 912 g/mol. The first-order valence-electron chi connectivity index (χ1n) is 21.8. The van der Waals surface area contributed by atoms with Crippen LogP contribution in [0.1, 0.15) is 65.7 Å². The van der Waals surface area contributed by atoms with E-state index in [0.29, 0.717) is 64.5 Å². The Labute approximate surface area is 406 Å². The summed E-state index contributed by atoms with van der Waals surface area (Å²) in [5.41, 5.74) is 28.6. The van der Waals surface area contributed by atoms with Crippen LogP contribution in [0.2, 0.25) is 10.0 Å². The van der Waals surface area contributed by atoms with E-state index in [9.17, 15) is 14.7 Å². The number of carboxylic acids is 1. The zero-order chi connectivity index (χ0) is 48.9. The van der Waals surface area contributed by atoms with Gasteiger partial charge in [-0.2, -0.15) is 10.2 Å². The van der Waals surface area contributed by atoms with Crippen molar-refractivity contribution < 1.29 is 14.7 Å². The highest BCUT2D eigenvalue weighted by Gasteiger charge is 2.20. The number of aromatic carboxylic acids is 1. The van der Waals surface area contributed by atoms with E-state index in [2.05, 4.69) is 30.4 Å². The lowest BCUT2D eigenvalue weighted by Gasteiger charge is -2.13. The summed E-state index contributed by atoms with van der Waals surface area (Å²) in [7, 11) is 0. The van der Waals surface area contributed by atoms with Crippen LogP contribution in [0.5, 0.6) is 0 Å². The highest BCUT2D eigenvalue weighted by atomic mass is 35.5. The van der Waals surface area contributed by atoms with E-state index in [1.807, 2.05) is 131 Å². The van der Waals surface area contributed by atoms with Crippen molar-refractivity contribution in [1.82, 2.24) is 44.8 Å². The van der Waals surface area contributed by atoms with Crippen LogP contribution >= 0.6 is 23.2 Å². The molecule has 0 atom stereocenters. The van der Waals surface area contributed by atoms with Crippen molar-refractivity contribution in [3.05, 3.63) is 188 Å². The Morgan fingerprint density at radius 3 is 1.55 bits per heavy atom. The number of nitrogens with one attached hydrogen (secondary N) is 1. The van der Waals surface area contributed by atoms with Gasteiger partial charge >= 0.3 is 5.97 Å². The number of anilines is 2. The molecule has 4 aromatic carbocycles. The van der Waals surface area contributed by atoms with Crippen LogP contribution in [0.25, 0.3) is 43.6 Å². The lowest BCUT2D eigenvalue weighted by atomic mass is 10.1. The second-order valence-corrected chi connectivity index (χ2v) is 17.3.